The van der Waals surface area contributed by atoms with Gasteiger partial charge in [0.15, 0.2) is 0 Å². The molecule has 0 saturated carbocycles. The highest BCUT2D eigenvalue weighted by Crippen LogP contribution is 2.32. The summed E-state index contributed by atoms with van der Waals surface area (Å²) in [5.41, 5.74) is 4.60. The van der Waals surface area contributed by atoms with Gasteiger partial charge in [0.2, 0.25) is 23.5 Å². The van der Waals surface area contributed by atoms with E-state index in [-0.39, 0.29) is 29.1 Å². The summed E-state index contributed by atoms with van der Waals surface area (Å²) in [6, 6.07) is 13.8. The van der Waals surface area contributed by atoms with Crippen molar-refractivity contribution in [2.24, 2.45) is 11.8 Å². The van der Waals surface area contributed by atoms with E-state index < -0.39 is 5.92 Å². The summed E-state index contributed by atoms with van der Waals surface area (Å²) in [5, 5.41) is 8.16. The van der Waals surface area contributed by atoms with Gasteiger partial charge in [0.05, 0.1) is 17.5 Å². The Hall–Kier alpha value is -4.27. The summed E-state index contributed by atoms with van der Waals surface area (Å²) in [6.45, 7) is 5.99. The van der Waals surface area contributed by atoms with E-state index in [1.165, 1.54) is 5.01 Å². The van der Waals surface area contributed by atoms with E-state index in [1.807, 2.05) is 32.9 Å². The van der Waals surface area contributed by atoms with E-state index in [9.17, 15) is 14.4 Å². The molecule has 9 nitrogen and oxygen atoms in total. The van der Waals surface area contributed by atoms with Gasteiger partial charge in [-0.1, -0.05) is 44.1 Å². The molecule has 1 fully saturated rings. The van der Waals surface area contributed by atoms with Crippen LogP contribution in [0.25, 0.3) is 11.4 Å². The lowest BCUT2D eigenvalue weighted by atomic mass is 9.80. The third kappa shape index (κ3) is 4.51. The molecular weight excluding hydrogens is 458 g/mol. The van der Waals surface area contributed by atoms with E-state index in [4.69, 9.17) is 4.52 Å². The molecule has 0 radical (unpaired) electrons. The van der Waals surface area contributed by atoms with Gasteiger partial charge in [-0.15, -0.1) is 0 Å². The monoisotopic (exact) mass is 485 g/mol. The highest BCUT2D eigenvalue weighted by Gasteiger charge is 2.42. The van der Waals surface area contributed by atoms with Crippen molar-refractivity contribution in [2.75, 3.05) is 10.3 Å². The Labute approximate surface area is 208 Å². The van der Waals surface area contributed by atoms with Crippen LogP contribution in [0.2, 0.25) is 0 Å². The van der Waals surface area contributed by atoms with Crippen LogP contribution in [-0.2, 0) is 15.0 Å². The van der Waals surface area contributed by atoms with E-state index >= 15 is 0 Å². The van der Waals surface area contributed by atoms with Gasteiger partial charge in [0, 0.05) is 22.2 Å². The highest BCUT2D eigenvalue weighted by atomic mass is 16.5. The number of hydrazine groups is 1. The first-order chi connectivity index (χ1) is 17.2. The molecule has 3 aromatic rings. The molecule has 1 aliphatic carbocycles. The number of allylic oxidation sites excluding steroid dienone is 2. The van der Waals surface area contributed by atoms with Gasteiger partial charge in [-0.25, -0.2) is 5.01 Å². The van der Waals surface area contributed by atoms with Crippen LogP contribution >= 0.6 is 0 Å². The second kappa shape index (κ2) is 9.07. The summed E-state index contributed by atoms with van der Waals surface area (Å²) in [5.74, 6) is -0.404. The van der Waals surface area contributed by atoms with Crippen LogP contribution in [0, 0.1) is 11.8 Å². The number of hydrogen-bond donors (Lipinski definition) is 2. The molecule has 0 bridgehead atoms. The van der Waals surface area contributed by atoms with E-state index in [0.29, 0.717) is 41.5 Å². The first-order valence-electron chi connectivity index (χ1n) is 11.9. The lowest BCUT2D eigenvalue weighted by Gasteiger charge is -2.38. The molecule has 5 rings (SSSR count). The van der Waals surface area contributed by atoms with Crippen LogP contribution in [-0.4, -0.2) is 27.9 Å². The Kier molecular flexibility index (Phi) is 5.91. The van der Waals surface area contributed by atoms with Crippen molar-refractivity contribution < 1.29 is 18.9 Å². The number of fused-ring (bicyclic) bond motifs is 1. The number of rotatable bonds is 4. The van der Waals surface area contributed by atoms with Crippen molar-refractivity contribution in [1.29, 1.82) is 0 Å². The van der Waals surface area contributed by atoms with Crippen molar-refractivity contribution >= 4 is 29.1 Å². The smallest absolute Gasteiger partial charge is 0.255 e. The van der Waals surface area contributed by atoms with Gasteiger partial charge in [-0.05, 0) is 55.3 Å². The number of carbonyl (C=O) groups excluding carboxylic acids is 3. The number of hydrogen-bond acceptors (Lipinski definition) is 6. The minimum atomic E-state index is -0.390. The lowest BCUT2D eigenvalue weighted by Crippen LogP contribution is -2.59. The van der Waals surface area contributed by atoms with Gasteiger partial charge in [-0.2, -0.15) is 4.98 Å². The molecule has 1 aromatic heterocycles. The second-order valence-electron chi connectivity index (χ2n) is 10.1. The average Bonchev–Trinajstić information content (AvgIpc) is 3.38. The molecular formula is C27H27N5O4. The number of amides is 3. The molecule has 3 amide bonds. The Morgan fingerprint density at radius 2 is 1.78 bits per heavy atom. The van der Waals surface area contributed by atoms with Gasteiger partial charge in [0.25, 0.3) is 5.91 Å². The van der Waals surface area contributed by atoms with Crippen molar-refractivity contribution in [3.63, 3.8) is 0 Å². The topological polar surface area (TPSA) is 117 Å². The van der Waals surface area contributed by atoms with Gasteiger partial charge in [0.1, 0.15) is 0 Å². The zero-order valence-electron chi connectivity index (χ0n) is 20.3. The Morgan fingerprint density at radius 1 is 1.06 bits per heavy atom. The molecule has 2 unspecified atom stereocenters. The van der Waals surface area contributed by atoms with Gasteiger partial charge in [-0.3, -0.25) is 19.8 Å². The summed E-state index contributed by atoms with van der Waals surface area (Å²) < 4.78 is 5.35. The van der Waals surface area contributed by atoms with Crippen LogP contribution in [0.5, 0.6) is 0 Å². The maximum absolute atomic E-state index is 13.0. The van der Waals surface area contributed by atoms with Crippen molar-refractivity contribution in [1.82, 2.24) is 15.6 Å². The van der Waals surface area contributed by atoms with Gasteiger partial charge < -0.3 is 9.84 Å². The number of nitrogens with one attached hydrogen (secondary N) is 2. The molecule has 2 N–H and O–H groups in total. The van der Waals surface area contributed by atoms with Crippen molar-refractivity contribution in [2.45, 2.75) is 39.0 Å². The molecule has 2 aromatic carbocycles. The van der Waals surface area contributed by atoms with Crippen molar-refractivity contribution in [3.8, 4) is 11.4 Å². The number of nitrogens with zero attached hydrogens (tertiary/aromatic N) is 3. The minimum Gasteiger partial charge on any atom is -0.338 e. The van der Waals surface area contributed by atoms with E-state index in [2.05, 4.69) is 20.9 Å². The average molecular weight is 486 g/mol. The Bertz CT molecular complexity index is 1350. The molecule has 1 aliphatic heterocycles. The quantitative estimate of drug-likeness (QED) is 0.534. The van der Waals surface area contributed by atoms with Crippen LogP contribution in [0.3, 0.4) is 0 Å². The van der Waals surface area contributed by atoms with Crippen LogP contribution in [0.4, 0.5) is 11.4 Å². The number of benzene rings is 2. The summed E-state index contributed by atoms with van der Waals surface area (Å²) in [4.78, 5) is 43.0. The molecule has 1 saturated heterocycles. The first-order valence-corrected chi connectivity index (χ1v) is 11.9. The fraction of sp³-hybridized carbons (Fsp3) is 0.296. The number of carbonyl (C=O) groups is 3. The summed E-state index contributed by atoms with van der Waals surface area (Å²) >= 11 is 0. The van der Waals surface area contributed by atoms with Crippen LogP contribution in [0.1, 0.15) is 49.9 Å². The number of aromatic nitrogens is 2. The van der Waals surface area contributed by atoms with Crippen LogP contribution in [0.15, 0.2) is 65.2 Å². The first kappa shape index (κ1) is 23.5. The third-order valence-corrected chi connectivity index (χ3v) is 6.36. The fourth-order valence-corrected chi connectivity index (χ4v) is 4.32. The normalized spacial score (nSPS) is 19.6. The van der Waals surface area contributed by atoms with Crippen LogP contribution < -0.4 is 15.8 Å². The van der Waals surface area contributed by atoms with Crippen molar-refractivity contribution in [3.05, 3.63) is 72.1 Å². The largest absolute Gasteiger partial charge is 0.338 e. The second-order valence-corrected chi connectivity index (χ2v) is 10.1. The maximum atomic E-state index is 13.0. The molecule has 2 atom stereocenters. The maximum Gasteiger partial charge on any atom is 0.255 e. The Morgan fingerprint density at radius 3 is 2.47 bits per heavy atom. The molecule has 2 aliphatic rings. The minimum absolute atomic E-state index is 0.173. The summed E-state index contributed by atoms with van der Waals surface area (Å²) in [7, 11) is 0. The molecule has 0 spiro atoms. The predicted octanol–water partition coefficient (Wildman–Crippen LogP) is 4.25. The molecule has 2 heterocycles. The predicted molar refractivity (Wildman–Crippen MR) is 134 cm³/mol. The van der Waals surface area contributed by atoms with E-state index in [0.717, 1.165) is 5.56 Å². The van der Waals surface area contributed by atoms with Gasteiger partial charge >= 0.3 is 0 Å². The Balaban J connectivity index is 1.29. The SMILES string of the molecule is CC(C)(C)c1nc(-c2ccc(NC(=O)c3cccc(N4NC(=O)C5CC=CCC5C4=O)c3)cc2)no1. The van der Waals surface area contributed by atoms with E-state index in [1.54, 1.807) is 48.5 Å². The zero-order chi connectivity index (χ0) is 25.4. The standard InChI is InChI=1S/C27H27N5O4/c1-27(2,3)26-29-22(31-36-26)16-11-13-18(14-12-16)28-23(33)17-7-6-8-19(15-17)32-25(35)21-10-5-4-9-20(21)24(34)30-32/h4-8,11-15,20-21H,9-10H2,1-3H3,(H,28,33)(H,30,34). The highest BCUT2D eigenvalue weighted by molar-refractivity contribution is 6.07. The summed E-state index contributed by atoms with van der Waals surface area (Å²) in [6.07, 6.45) is 4.96. The lowest BCUT2D eigenvalue weighted by molar-refractivity contribution is -0.139. The third-order valence-electron chi connectivity index (χ3n) is 6.36. The fourth-order valence-electron chi connectivity index (χ4n) is 4.32. The number of anilines is 2. The molecule has 9 heteroatoms. The molecule has 184 valence electrons. The molecule has 36 heavy (non-hydrogen) atoms. The zero-order valence-corrected chi connectivity index (χ0v) is 20.3.